The average molecular weight is 315 g/mol. The number of carbonyl (C=O) groups excluding carboxylic acids is 1. The van der Waals surface area contributed by atoms with Gasteiger partial charge in [0, 0.05) is 23.8 Å². The summed E-state index contributed by atoms with van der Waals surface area (Å²) in [6.07, 6.45) is 2.49. The molecule has 0 spiro atoms. The number of pyridine rings is 1. The van der Waals surface area contributed by atoms with Crippen LogP contribution in [0, 0.1) is 0 Å². The van der Waals surface area contributed by atoms with Crippen LogP contribution in [0.2, 0.25) is 0 Å². The van der Waals surface area contributed by atoms with Gasteiger partial charge in [-0.15, -0.1) is 0 Å². The van der Waals surface area contributed by atoms with Gasteiger partial charge in [0.25, 0.3) is 11.5 Å². The van der Waals surface area contributed by atoms with Crippen LogP contribution in [-0.2, 0) is 7.05 Å². The van der Waals surface area contributed by atoms with E-state index in [2.05, 4.69) is 21.2 Å². The maximum Gasteiger partial charge on any atom is 0.253 e. The Hall–Kier alpha value is -1.14. The maximum absolute atomic E-state index is 12.1. The molecule has 0 radical (unpaired) electrons. The summed E-state index contributed by atoms with van der Waals surface area (Å²) in [7, 11) is 1.62. The molecule has 1 aliphatic rings. The number of nitrogens with zero attached hydrogens (tertiary/aromatic N) is 1. The number of carbonyl (C=O) groups is 1. The third kappa shape index (κ3) is 2.35. The first-order valence-electron chi connectivity index (χ1n) is 5.72. The SMILES string of the molecule is CC(O)C1(NC(=O)c2cc(=O)n(C)cc2Br)CC1. The van der Waals surface area contributed by atoms with Crippen molar-refractivity contribution in [1.29, 1.82) is 0 Å². The van der Waals surface area contributed by atoms with Gasteiger partial charge in [-0.1, -0.05) is 0 Å². The van der Waals surface area contributed by atoms with Crippen molar-refractivity contribution >= 4 is 21.8 Å². The van der Waals surface area contributed by atoms with E-state index in [0.717, 1.165) is 12.8 Å². The third-order valence-corrected chi connectivity index (χ3v) is 4.01. The van der Waals surface area contributed by atoms with Gasteiger partial charge in [0.05, 0.1) is 17.2 Å². The number of aliphatic hydroxyl groups excluding tert-OH is 1. The average Bonchev–Trinajstić information content (AvgIpc) is 3.04. The molecule has 18 heavy (non-hydrogen) atoms. The first kappa shape index (κ1) is 13.3. The van der Waals surface area contributed by atoms with Crippen molar-refractivity contribution in [3.05, 3.63) is 32.7 Å². The lowest BCUT2D eigenvalue weighted by Gasteiger charge is -2.20. The number of amides is 1. The summed E-state index contributed by atoms with van der Waals surface area (Å²) in [5.74, 6) is -0.335. The fourth-order valence-electron chi connectivity index (χ4n) is 1.85. The molecule has 1 aromatic rings. The minimum atomic E-state index is -0.591. The first-order chi connectivity index (χ1) is 8.35. The molecule has 2 rings (SSSR count). The topological polar surface area (TPSA) is 71.3 Å². The quantitative estimate of drug-likeness (QED) is 0.866. The zero-order valence-corrected chi connectivity index (χ0v) is 11.8. The van der Waals surface area contributed by atoms with Crippen molar-refractivity contribution in [2.45, 2.75) is 31.4 Å². The number of rotatable bonds is 3. The highest BCUT2D eigenvalue weighted by Gasteiger charge is 2.48. The highest BCUT2D eigenvalue weighted by molar-refractivity contribution is 9.10. The summed E-state index contributed by atoms with van der Waals surface area (Å²) in [6.45, 7) is 1.66. The smallest absolute Gasteiger partial charge is 0.253 e. The van der Waals surface area contributed by atoms with Crippen LogP contribution in [0.5, 0.6) is 0 Å². The van der Waals surface area contributed by atoms with Gasteiger partial charge in [0.1, 0.15) is 0 Å². The van der Waals surface area contributed by atoms with Gasteiger partial charge in [0.15, 0.2) is 0 Å². The van der Waals surface area contributed by atoms with Crippen molar-refractivity contribution in [3.8, 4) is 0 Å². The molecule has 5 nitrogen and oxygen atoms in total. The molecule has 1 amide bonds. The first-order valence-corrected chi connectivity index (χ1v) is 6.52. The Morgan fingerprint density at radius 2 is 2.22 bits per heavy atom. The number of hydrogen-bond donors (Lipinski definition) is 2. The molecule has 1 atom stereocenters. The summed E-state index contributed by atoms with van der Waals surface area (Å²) >= 11 is 3.26. The van der Waals surface area contributed by atoms with Gasteiger partial charge in [-0.3, -0.25) is 9.59 Å². The van der Waals surface area contributed by atoms with Crippen LogP contribution in [0.4, 0.5) is 0 Å². The summed E-state index contributed by atoms with van der Waals surface area (Å²) in [5, 5.41) is 12.4. The third-order valence-electron chi connectivity index (χ3n) is 3.38. The Morgan fingerprint density at radius 1 is 1.61 bits per heavy atom. The van der Waals surface area contributed by atoms with E-state index < -0.39 is 11.6 Å². The molecule has 1 aliphatic carbocycles. The largest absolute Gasteiger partial charge is 0.391 e. The Bertz CT molecular complexity index is 547. The highest BCUT2D eigenvalue weighted by atomic mass is 79.9. The van der Waals surface area contributed by atoms with Crippen molar-refractivity contribution in [2.75, 3.05) is 0 Å². The minimum absolute atomic E-state index is 0.245. The minimum Gasteiger partial charge on any atom is -0.391 e. The van der Waals surface area contributed by atoms with Gasteiger partial charge in [-0.2, -0.15) is 0 Å². The van der Waals surface area contributed by atoms with E-state index in [1.165, 1.54) is 10.6 Å². The van der Waals surface area contributed by atoms with E-state index in [1.807, 2.05) is 0 Å². The van der Waals surface area contributed by atoms with Crippen molar-refractivity contribution in [3.63, 3.8) is 0 Å². The predicted molar refractivity (Wildman–Crippen MR) is 70.5 cm³/mol. The lowest BCUT2D eigenvalue weighted by molar-refractivity contribution is 0.0830. The van der Waals surface area contributed by atoms with Crippen LogP contribution in [0.25, 0.3) is 0 Å². The van der Waals surface area contributed by atoms with Gasteiger partial charge >= 0.3 is 0 Å². The van der Waals surface area contributed by atoms with Crippen molar-refractivity contribution in [2.24, 2.45) is 7.05 Å². The second-order valence-electron chi connectivity index (χ2n) is 4.77. The number of aromatic nitrogens is 1. The van der Waals surface area contributed by atoms with Gasteiger partial charge in [-0.25, -0.2) is 0 Å². The van der Waals surface area contributed by atoms with Crippen LogP contribution in [0.3, 0.4) is 0 Å². The fourth-order valence-corrected chi connectivity index (χ4v) is 2.45. The number of aryl methyl sites for hydroxylation is 1. The van der Waals surface area contributed by atoms with Crippen LogP contribution in [0.1, 0.15) is 30.1 Å². The number of aliphatic hydroxyl groups is 1. The molecule has 0 bridgehead atoms. The molecule has 2 N–H and O–H groups in total. The summed E-state index contributed by atoms with van der Waals surface area (Å²) < 4.78 is 1.95. The molecule has 1 fully saturated rings. The molecular weight excluding hydrogens is 300 g/mol. The molecule has 98 valence electrons. The summed E-state index contributed by atoms with van der Waals surface area (Å²) in [4.78, 5) is 23.6. The molecule has 6 heteroatoms. The molecule has 1 heterocycles. The number of hydrogen-bond acceptors (Lipinski definition) is 3. The van der Waals surface area contributed by atoms with E-state index >= 15 is 0 Å². The normalized spacial score (nSPS) is 18.2. The summed E-state index contributed by atoms with van der Waals surface area (Å²) in [5.41, 5.74) is -0.465. The Balaban J connectivity index is 2.25. The molecule has 0 aliphatic heterocycles. The van der Waals surface area contributed by atoms with Crippen LogP contribution in [-0.4, -0.2) is 27.2 Å². The molecule has 1 unspecified atom stereocenters. The second-order valence-corrected chi connectivity index (χ2v) is 5.62. The lowest BCUT2D eigenvalue weighted by Crippen LogP contribution is -2.44. The van der Waals surface area contributed by atoms with E-state index in [1.54, 1.807) is 20.2 Å². The number of halogens is 1. The predicted octanol–water partition coefficient (Wildman–Crippen LogP) is 0.791. The molecule has 1 saturated carbocycles. The van der Waals surface area contributed by atoms with Gasteiger partial charge in [0.2, 0.25) is 0 Å². The molecular formula is C12H15BrN2O3. The maximum atomic E-state index is 12.1. The second kappa shape index (κ2) is 4.51. The van der Waals surface area contributed by atoms with E-state index in [-0.39, 0.29) is 11.5 Å². The number of nitrogens with one attached hydrogen (secondary N) is 1. The highest BCUT2D eigenvalue weighted by Crippen LogP contribution is 2.39. The van der Waals surface area contributed by atoms with E-state index in [0.29, 0.717) is 10.0 Å². The Kier molecular flexibility index (Phi) is 3.33. The van der Waals surface area contributed by atoms with Gasteiger partial charge in [-0.05, 0) is 35.7 Å². The molecule has 0 aromatic carbocycles. The molecule has 0 saturated heterocycles. The monoisotopic (exact) mass is 314 g/mol. The Labute approximate surface area is 113 Å². The zero-order chi connectivity index (χ0) is 13.5. The van der Waals surface area contributed by atoms with Crippen molar-refractivity contribution in [1.82, 2.24) is 9.88 Å². The van der Waals surface area contributed by atoms with E-state index in [9.17, 15) is 14.7 Å². The standard InChI is InChI=1S/C12H15BrN2O3/c1-7(16)12(3-4-12)14-11(18)8-5-10(17)15(2)6-9(8)13/h5-7,16H,3-4H2,1-2H3,(H,14,18). The van der Waals surface area contributed by atoms with Crippen molar-refractivity contribution < 1.29 is 9.90 Å². The Morgan fingerprint density at radius 3 is 2.72 bits per heavy atom. The van der Waals surface area contributed by atoms with Crippen LogP contribution in [0.15, 0.2) is 21.5 Å². The fraction of sp³-hybridized carbons (Fsp3) is 0.500. The summed E-state index contributed by atoms with van der Waals surface area (Å²) in [6, 6.07) is 1.29. The van der Waals surface area contributed by atoms with Gasteiger partial charge < -0.3 is 15.0 Å². The van der Waals surface area contributed by atoms with Crippen LogP contribution < -0.4 is 10.9 Å². The van der Waals surface area contributed by atoms with E-state index in [4.69, 9.17) is 0 Å². The lowest BCUT2D eigenvalue weighted by atomic mass is 10.1. The van der Waals surface area contributed by atoms with Crippen LogP contribution >= 0.6 is 15.9 Å². The molecule has 1 aromatic heterocycles. The zero-order valence-electron chi connectivity index (χ0n) is 10.2.